The first-order valence-electron chi connectivity index (χ1n) is 5.41. The molecule has 0 aliphatic rings. The van der Waals surface area contributed by atoms with Gasteiger partial charge in [0, 0.05) is 19.7 Å². The minimum atomic E-state index is -0.278. The maximum atomic E-state index is 13.4. The molecule has 0 aromatic heterocycles. The van der Waals surface area contributed by atoms with Crippen LogP contribution in [0, 0.1) is 11.7 Å². The highest BCUT2D eigenvalue weighted by Gasteiger charge is 2.11. The molecule has 0 heterocycles. The summed E-state index contributed by atoms with van der Waals surface area (Å²) in [5.74, 6) is 0.288. The van der Waals surface area contributed by atoms with Gasteiger partial charge < -0.3 is 10.6 Å². The van der Waals surface area contributed by atoms with Crippen LogP contribution in [0.25, 0.3) is 0 Å². The molecule has 0 bridgehead atoms. The fourth-order valence-corrected chi connectivity index (χ4v) is 1.94. The zero-order chi connectivity index (χ0) is 12.3. The molecule has 0 aliphatic heterocycles. The molecule has 0 aliphatic carbocycles. The van der Waals surface area contributed by atoms with E-state index in [2.05, 4.69) is 29.8 Å². The van der Waals surface area contributed by atoms with Gasteiger partial charge in [0.2, 0.25) is 0 Å². The highest BCUT2D eigenvalue weighted by Crippen LogP contribution is 2.29. The molecule has 16 heavy (non-hydrogen) atoms. The van der Waals surface area contributed by atoms with Crippen molar-refractivity contribution in [2.45, 2.75) is 20.3 Å². The number of halogens is 2. The molecule has 0 amide bonds. The Labute approximate surface area is 105 Å². The summed E-state index contributed by atoms with van der Waals surface area (Å²) in [6.07, 6.45) is 1.10. The standard InChI is InChI=1S/C12H18BrFN2/c1-4-8(2)7-16(3)12-6-10(14)9(13)5-11(12)15/h5-6,8H,4,7,15H2,1-3H3. The summed E-state index contributed by atoms with van der Waals surface area (Å²) in [6, 6.07) is 3.08. The molecule has 90 valence electrons. The zero-order valence-corrected chi connectivity index (χ0v) is 11.5. The molecule has 2 N–H and O–H groups in total. The van der Waals surface area contributed by atoms with Crippen molar-refractivity contribution in [3.05, 3.63) is 22.4 Å². The van der Waals surface area contributed by atoms with Gasteiger partial charge in [-0.1, -0.05) is 20.3 Å². The minimum Gasteiger partial charge on any atom is -0.397 e. The topological polar surface area (TPSA) is 29.3 Å². The summed E-state index contributed by atoms with van der Waals surface area (Å²) < 4.78 is 13.8. The Bertz CT molecular complexity index is 368. The number of nitrogens with zero attached hydrogens (tertiary/aromatic N) is 1. The first-order valence-corrected chi connectivity index (χ1v) is 6.20. The molecule has 1 rings (SSSR count). The van der Waals surface area contributed by atoms with E-state index in [-0.39, 0.29) is 5.82 Å². The lowest BCUT2D eigenvalue weighted by atomic mass is 10.1. The molecule has 1 atom stereocenters. The molecule has 0 fully saturated rings. The number of anilines is 2. The van der Waals surface area contributed by atoms with E-state index in [0.717, 1.165) is 18.7 Å². The number of nitrogen functional groups attached to an aromatic ring is 1. The van der Waals surface area contributed by atoms with Crippen molar-refractivity contribution in [1.29, 1.82) is 0 Å². The second-order valence-corrected chi connectivity index (χ2v) is 5.07. The zero-order valence-electron chi connectivity index (χ0n) is 9.93. The van der Waals surface area contributed by atoms with Gasteiger partial charge in [-0.15, -0.1) is 0 Å². The lowest BCUT2D eigenvalue weighted by Gasteiger charge is -2.24. The van der Waals surface area contributed by atoms with Crippen molar-refractivity contribution in [2.75, 3.05) is 24.2 Å². The van der Waals surface area contributed by atoms with Crippen molar-refractivity contribution in [3.63, 3.8) is 0 Å². The Kier molecular flexibility index (Phi) is 4.59. The van der Waals surface area contributed by atoms with Gasteiger partial charge in [-0.25, -0.2) is 4.39 Å². The van der Waals surface area contributed by atoms with Crippen LogP contribution in [0.3, 0.4) is 0 Å². The van der Waals surface area contributed by atoms with E-state index in [1.165, 1.54) is 6.07 Å². The van der Waals surface area contributed by atoms with Crippen LogP contribution in [0.1, 0.15) is 20.3 Å². The minimum absolute atomic E-state index is 0.278. The van der Waals surface area contributed by atoms with Crippen molar-refractivity contribution in [3.8, 4) is 0 Å². The molecule has 1 aromatic rings. The third-order valence-corrected chi connectivity index (χ3v) is 3.37. The molecular weight excluding hydrogens is 271 g/mol. The molecule has 0 saturated carbocycles. The van der Waals surface area contributed by atoms with Gasteiger partial charge >= 0.3 is 0 Å². The monoisotopic (exact) mass is 288 g/mol. The highest BCUT2D eigenvalue weighted by atomic mass is 79.9. The smallest absolute Gasteiger partial charge is 0.139 e. The molecule has 1 aromatic carbocycles. The van der Waals surface area contributed by atoms with E-state index in [1.54, 1.807) is 6.07 Å². The van der Waals surface area contributed by atoms with Crippen molar-refractivity contribution in [2.24, 2.45) is 5.92 Å². The third kappa shape index (κ3) is 3.11. The maximum Gasteiger partial charge on any atom is 0.139 e. The number of hydrogen-bond donors (Lipinski definition) is 1. The van der Waals surface area contributed by atoms with Crippen LogP contribution < -0.4 is 10.6 Å². The predicted molar refractivity (Wildman–Crippen MR) is 71.2 cm³/mol. The van der Waals surface area contributed by atoms with Gasteiger partial charge in [-0.2, -0.15) is 0 Å². The summed E-state index contributed by atoms with van der Waals surface area (Å²) in [7, 11) is 1.94. The summed E-state index contributed by atoms with van der Waals surface area (Å²) in [4.78, 5) is 2.00. The SMILES string of the molecule is CCC(C)CN(C)c1cc(F)c(Br)cc1N. The largest absolute Gasteiger partial charge is 0.397 e. The van der Waals surface area contributed by atoms with Gasteiger partial charge in [0.1, 0.15) is 5.82 Å². The van der Waals surface area contributed by atoms with Crippen LogP contribution in [0.4, 0.5) is 15.8 Å². The van der Waals surface area contributed by atoms with E-state index in [4.69, 9.17) is 5.73 Å². The Balaban J connectivity index is 2.91. The summed E-state index contributed by atoms with van der Waals surface area (Å²) in [6.45, 7) is 5.19. The molecule has 0 spiro atoms. The lowest BCUT2D eigenvalue weighted by Crippen LogP contribution is -2.24. The lowest BCUT2D eigenvalue weighted by molar-refractivity contribution is 0.558. The van der Waals surface area contributed by atoms with E-state index in [0.29, 0.717) is 16.1 Å². The van der Waals surface area contributed by atoms with E-state index >= 15 is 0 Å². The van der Waals surface area contributed by atoms with Crippen LogP contribution in [0.5, 0.6) is 0 Å². The molecule has 1 unspecified atom stereocenters. The Morgan fingerprint density at radius 3 is 2.69 bits per heavy atom. The van der Waals surface area contributed by atoms with Crippen LogP contribution in [-0.2, 0) is 0 Å². The number of hydrogen-bond acceptors (Lipinski definition) is 2. The first kappa shape index (κ1) is 13.3. The van der Waals surface area contributed by atoms with Crippen molar-refractivity contribution in [1.82, 2.24) is 0 Å². The summed E-state index contributed by atoms with van der Waals surface area (Å²) in [5, 5.41) is 0. The fraction of sp³-hybridized carbons (Fsp3) is 0.500. The van der Waals surface area contributed by atoms with Gasteiger partial charge in [0.15, 0.2) is 0 Å². The van der Waals surface area contributed by atoms with Crippen LogP contribution in [-0.4, -0.2) is 13.6 Å². The van der Waals surface area contributed by atoms with Gasteiger partial charge in [0.05, 0.1) is 15.8 Å². The number of benzene rings is 1. The normalized spacial score (nSPS) is 12.6. The van der Waals surface area contributed by atoms with Crippen LogP contribution >= 0.6 is 15.9 Å². The first-order chi connectivity index (χ1) is 7.45. The Morgan fingerprint density at radius 1 is 1.50 bits per heavy atom. The quantitative estimate of drug-likeness (QED) is 0.857. The average molecular weight is 289 g/mol. The molecule has 4 heteroatoms. The van der Waals surface area contributed by atoms with Crippen LogP contribution in [0.15, 0.2) is 16.6 Å². The number of nitrogens with two attached hydrogens (primary N) is 1. The third-order valence-electron chi connectivity index (χ3n) is 2.76. The van der Waals surface area contributed by atoms with E-state index in [9.17, 15) is 4.39 Å². The fourth-order valence-electron chi connectivity index (χ4n) is 1.58. The highest BCUT2D eigenvalue weighted by molar-refractivity contribution is 9.10. The van der Waals surface area contributed by atoms with Crippen molar-refractivity contribution < 1.29 is 4.39 Å². The Morgan fingerprint density at radius 2 is 2.12 bits per heavy atom. The van der Waals surface area contributed by atoms with E-state index < -0.39 is 0 Å². The second kappa shape index (κ2) is 5.53. The molecule has 0 radical (unpaired) electrons. The van der Waals surface area contributed by atoms with Gasteiger partial charge in [-0.05, 0) is 27.9 Å². The maximum absolute atomic E-state index is 13.4. The Hall–Kier alpha value is -0.770. The van der Waals surface area contributed by atoms with E-state index in [1.807, 2.05) is 11.9 Å². The van der Waals surface area contributed by atoms with Crippen molar-refractivity contribution >= 4 is 27.3 Å². The second-order valence-electron chi connectivity index (χ2n) is 4.22. The van der Waals surface area contributed by atoms with Gasteiger partial charge in [0.25, 0.3) is 0 Å². The van der Waals surface area contributed by atoms with Gasteiger partial charge in [-0.3, -0.25) is 0 Å². The molecule has 2 nitrogen and oxygen atoms in total. The summed E-state index contributed by atoms with van der Waals surface area (Å²) >= 11 is 3.12. The number of rotatable bonds is 4. The van der Waals surface area contributed by atoms with Crippen LogP contribution in [0.2, 0.25) is 0 Å². The predicted octanol–water partition coefficient (Wildman–Crippen LogP) is 3.65. The average Bonchev–Trinajstić information content (AvgIpc) is 2.23. The molecular formula is C12H18BrFN2. The summed E-state index contributed by atoms with van der Waals surface area (Å²) in [5.41, 5.74) is 7.22. The molecule has 0 saturated heterocycles.